The molecule has 2 atom stereocenters. The maximum absolute atomic E-state index is 11.3. The minimum atomic E-state index is -0.992. The van der Waals surface area contributed by atoms with Gasteiger partial charge in [-0.25, -0.2) is 0 Å². The minimum absolute atomic E-state index is 0.0655. The summed E-state index contributed by atoms with van der Waals surface area (Å²) in [5.41, 5.74) is 0. The van der Waals surface area contributed by atoms with Crippen LogP contribution in [0.15, 0.2) is 0 Å². The van der Waals surface area contributed by atoms with E-state index in [-0.39, 0.29) is 12.8 Å². The zero-order chi connectivity index (χ0) is 12.6. The van der Waals surface area contributed by atoms with Gasteiger partial charge in [-0.1, -0.05) is 20.3 Å². The van der Waals surface area contributed by atoms with Crippen LogP contribution in [-0.2, 0) is 14.3 Å². The van der Waals surface area contributed by atoms with Crippen molar-refractivity contribution in [3.63, 3.8) is 0 Å². The number of esters is 1. The Bertz CT molecular complexity index is 226. The molecule has 0 radical (unpaired) electrons. The van der Waals surface area contributed by atoms with Gasteiger partial charge in [0.25, 0.3) is 0 Å². The van der Waals surface area contributed by atoms with Gasteiger partial charge in [0.15, 0.2) is 0 Å². The SMILES string of the molecule is CCCC(O)CC(=O)OC(CC)CC(=O)O. The van der Waals surface area contributed by atoms with Crippen LogP contribution in [0.4, 0.5) is 0 Å². The number of carbonyl (C=O) groups excluding carboxylic acids is 1. The second-order valence-corrected chi connectivity index (χ2v) is 3.76. The zero-order valence-electron chi connectivity index (χ0n) is 9.81. The lowest BCUT2D eigenvalue weighted by molar-refractivity contribution is -0.154. The number of aliphatic carboxylic acids is 1. The summed E-state index contributed by atoms with van der Waals surface area (Å²) in [4.78, 5) is 21.7. The lowest BCUT2D eigenvalue weighted by Crippen LogP contribution is -2.23. The molecule has 0 bridgehead atoms. The summed E-state index contributed by atoms with van der Waals surface area (Å²) in [5.74, 6) is -1.53. The molecule has 16 heavy (non-hydrogen) atoms. The molecule has 0 aromatic carbocycles. The summed E-state index contributed by atoms with van der Waals surface area (Å²) in [5, 5.41) is 17.9. The highest BCUT2D eigenvalue weighted by atomic mass is 16.5. The Morgan fingerprint density at radius 2 is 1.88 bits per heavy atom. The first-order valence-electron chi connectivity index (χ1n) is 5.58. The summed E-state index contributed by atoms with van der Waals surface area (Å²) >= 11 is 0. The fraction of sp³-hybridized carbons (Fsp3) is 0.818. The standard InChI is InChI=1S/C11H20O5/c1-3-5-8(12)6-11(15)16-9(4-2)7-10(13)14/h8-9,12H,3-7H2,1-2H3,(H,13,14). The van der Waals surface area contributed by atoms with E-state index in [0.717, 1.165) is 6.42 Å². The van der Waals surface area contributed by atoms with Gasteiger partial charge >= 0.3 is 11.9 Å². The zero-order valence-corrected chi connectivity index (χ0v) is 9.81. The van der Waals surface area contributed by atoms with E-state index in [1.807, 2.05) is 6.92 Å². The molecule has 5 nitrogen and oxygen atoms in total. The second-order valence-electron chi connectivity index (χ2n) is 3.76. The third-order valence-corrected chi connectivity index (χ3v) is 2.18. The van der Waals surface area contributed by atoms with Gasteiger partial charge in [-0.3, -0.25) is 9.59 Å². The topological polar surface area (TPSA) is 83.8 Å². The van der Waals surface area contributed by atoms with Crippen LogP contribution < -0.4 is 0 Å². The van der Waals surface area contributed by atoms with Crippen molar-refractivity contribution >= 4 is 11.9 Å². The Morgan fingerprint density at radius 3 is 2.31 bits per heavy atom. The molecule has 0 saturated heterocycles. The molecule has 0 rings (SSSR count). The van der Waals surface area contributed by atoms with Crippen LogP contribution in [0.5, 0.6) is 0 Å². The van der Waals surface area contributed by atoms with Crippen LogP contribution in [0.1, 0.15) is 46.0 Å². The number of carbonyl (C=O) groups is 2. The van der Waals surface area contributed by atoms with Crippen LogP contribution in [0.3, 0.4) is 0 Å². The summed E-state index contributed by atoms with van der Waals surface area (Å²) in [6, 6.07) is 0. The number of hydrogen-bond acceptors (Lipinski definition) is 4. The molecule has 0 aromatic rings. The fourth-order valence-electron chi connectivity index (χ4n) is 1.33. The van der Waals surface area contributed by atoms with Gasteiger partial charge in [0.05, 0.1) is 18.9 Å². The summed E-state index contributed by atoms with van der Waals surface area (Å²) in [6.07, 6.45) is 0.252. The van der Waals surface area contributed by atoms with E-state index < -0.39 is 24.1 Å². The summed E-state index contributed by atoms with van der Waals surface area (Å²) < 4.78 is 4.95. The number of ether oxygens (including phenoxy) is 1. The Morgan fingerprint density at radius 1 is 1.25 bits per heavy atom. The summed E-state index contributed by atoms with van der Waals surface area (Å²) in [6.45, 7) is 3.66. The number of aliphatic hydroxyl groups excluding tert-OH is 1. The fourth-order valence-corrected chi connectivity index (χ4v) is 1.33. The quantitative estimate of drug-likeness (QED) is 0.617. The molecule has 2 N–H and O–H groups in total. The van der Waals surface area contributed by atoms with Gasteiger partial charge in [-0.15, -0.1) is 0 Å². The van der Waals surface area contributed by atoms with Gasteiger partial charge in [-0.05, 0) is 12.8 Å². The molecule has 5 heteroatoms. The molecule has 0 aliphatic heterocycles. The number of carboxylic acid groups (broad SMARTS) is 1. The minimum Gasteiger partial charge on any atom is -0.481 e. The molecule has 0 spiro atoms. The molecule has 0 aliphatic carbocycles. The normalized spacial score (nSPS) is 14.2. The maximum atomic E-state index is 11.3. The molecule has 0 aliphatic rings. The largest absolute Gasteiger partial charge is 0.481 e. The highest BCUT2D eigenvalue weighted by molar-refractivity contribution is 5.71. The van der Waals surface area contributed by atoms with Crippen molar-refractivity contribution in [1.29, 1.82) is 0 Å². The predicted octanol–water partition coefficient (Wildman–Crippen LogP) is 1.33. The van der Waals surface area contributed by atoms with Crippen LogP contribution in [0.25, 0.3) is 0 Å². The molecular formula is C11H20O5. The number of aliphatic hydroxyl groups is 1. The van der Waals surface area contributed by atoms with Gasteiger partial charge in [-0.2, -0.15) is 0 Å². The summed E-state index contributed by atoms with van der Waals surface area (Å²) in [7, 11) is 0. The van der Waals surface area contributed by atoms with Crippen LogP contribution >= 0.6 is 0 Å². The van der Waals surface area contributed by atoms with Gasteiger partial charge in [0.2, 0.25) is 0 Å². The van der Waals surface area contributed by atoms with E-state index in [2.05, 4.69) is 0 Å². The van der Waals surface area contributed by atoms with E-state index >= 15 is 0 Å². The monoisotopic (exact) mass is 232 g/mol. The average molecular weight is 232 g/mol. The number of carboxylic acids is 1. The van der Waals surface area contributed by atoms with Crippen molar-refractivity contribution in [2.75, 3.05) is 0 Å². The van der Waals surface area contributed by atoms with E-state index in [1.54, 1.807) is 6.92 Å². The molecule has 0 heterocycles. The van der Waals surface area contributed by atoms with Gasteiger partial charge < -0.3 is 14.9 Å². The second kappa shape index (κ2) is 8.10. The van der Waals surface area contributed by atoms with Crippen LogP contribution in [-0.4, -0.2) is 34.4 Å². The average Bonchev–Trinajstić information content (AvgIpc) is 2.15. The molecular weight excluding hydrogens is 212 g/mol. The first kappa shape index (κ1) is 14.9. The molecule has 2 unspecified atom stereocenters. The predicted molar refractivity (Wildman–Crippen MR) is 58.0 cm³/mol. The van der Waals surface area contributed by atoms with Crippen LogP contribution in [0.2, 0.25) is 0 Å². The molecule has 0 aromatic heterocycles. The molecule has 0 saturated carbocycles. The van der Waals surface area contributed by atoms with Crippen LogP contribution in [0, 0.1) is 0 Å². The van der Waals surface area contributed by atoms with E-state index in [1.165, 1.54) is 0 Å². The molecule has 0 amide bonds. The first-order valence-corrected chi connectivity index (χ1v) is 5.58. The maximum Gasteiger partial charge on any atom is 0.308 e. The lowest BCUT2D eigenvalue weighted by Gasteiger charge is -2.15. The molecule has 0 fully saturated rings. The van der Waals surface area contributed by atoms with E-state index in [4.69, 9.17) is 9.84 Å². The van der Waals surface area contributed by atoms with Crippen molar-refractivity contribution in [1.82, 2.24) is 0 Å². The number of hydrogen-bond donors (Lipinski definition) is 2. The first-order chi connectivity index (χ1) is 7.49. The van der Waals surface area contributed by atoms with Crippen molar-refractivity contribution in [3.05, 3.63) is 0 Å². The molecule has 94 valence electrons. The lowest BCUT2D eigenvalue weighted by atomic mass is 10.1. The number of rotatable bonds is 8. The Kier molecular flexibility index (Phi) is 7.54. The Labute approximate surface area is 95.4 Å². The van der Waals surface area contributed by atoms with Gasteiger partial charge in [0, 0.05) is 0 Å². The van der Waals surface area contributed by atoms with Crippen molar-refractivity contribution < 1.29 is 24.5 Å². The van der Waals surface area contributed by atoms with E-state index in [0.29, 0.717) is 12.8 Å². The highest BCUT2D eigenvalue weighted by Crippen LogP contribution is 2.08. The van der Waals surface area contributed by atoms with Gasteiger partial charge in [0.1, 0.15) is 6.10 Å². The van der Waals surface area contributed by atoms with Crippen molar-refractivity contribution in [2.45, 2.75) is 58.2 Å². The highest BCUT2D eigenvalue weighted by Gasteiger charge is 2.18. The Balaban J connectivity index is 3.95. The van der Waals surface area contributed by atoms with E-state index in [9.17, 15) is 14.7 Å². The van der Waals surface area contributed by atoms with Crippen molar-refractivity contribution in [3.8, 4) is 0 Å². The Hall–Kier alpha value is -1.10. The van der Waals surface area contributed by atoms with Crippen molar-refractivity contribution in [2.24, 2.45) is 0 Å². The third kappa shape index (κ3) is 7.23. The smallest absolute Gasteiger partial charge is 0.308 e. The third-order valence-electron chi connectivity index (χ3n) is 2.18.